The minimum Gasteiger partial charge on any atom is -0.222 e. The molecule has 2 aromatic rings. The van der Waals surface area contributed by atoms with E-state index in [9.17, 15) is 0 Å². The van der Waals surface area contributed by atoms with Crippen LogP contribution in [-0.4, -0.2) is 0 Å². The van der Waals surface area contributed by atoms with Crippen LogP contribution in [0.5, 0.6) is 0 Å². The molecule has 0 atom stereocenters. The molecule has 1 aromatic carbocycles. The summed E-state index contributed by atoms with van der Waals surface area (Å²) in [6.45, 7) is 2.18. The average molecular weight is 325 g/mol. The molecule has 22 heavy (non-hydrogen) atoms. The molecule has 0 fully saturated rings. The molecule has 0 saturated carbocycles. The fourth-order valence-corrected chi connectivity index (χ4v) is 2.51. The fraction of sp³-hybridized carbons (Fsp3) is 0.312. The summed E-state index contributed by atoms with van der Waals surface area (Å²) in [7, 11) is -4.94. The van der Waals surface area contributed by atoms with Gasteiger partial charge in [-0.25, -0.2) is 23.1 Å². The summed E-state index contributed by atoms with van der Waals surface area (Å²) >= 11 is 0. The Hall–Kier alpha value is -1.50. The van der Waals surface area contributed by atoms with Gasteiger partial charge in [0.05, 0.1) is 18.4 Å². The van der Waals surface area contributed by atoms with Crippen LogP contribution >= 0.6 is 0 Å². The summed E-state index contributed by atoms with van der Waals surface area (Å²) in [6.07, 6.45) is 4.14. The molecular weight excluding hydrogens is 308 g/mol. The van der Waals surface area contributed by atoms with Crippen molar-refractivity contribution in [2.75, 3.05) is 0 Å². The maximum atomic E-state index is 8.49. The van der Waals surface area contributed by atoms with Gasteiger partial charge >= 0.3 is 11.5 Å². The van der Waals surface area contributed by atoms with Crippen molar-refractivity contribution in [2.45, 2.75) is 32.6 Å². The van der Waals surface area contributed by atoms with Crippen molar-refractivity contribution in [1.82, 2.24) is 0 Å². The largest absolute Gasteiger partial charge is 0.337 e. The quantitative estimate of drug-likeness (QED) is 0.577. The Morgan fingerprint density at radius 3 is 2.09 bits per heavy atom. The van der Waals surface area contributed by atoms with Gasteiger partial charge in [0.15, 0.2) is 0 Å². The lowest BCUT2D eigenvalue weighted by Gasteiger charge is -2.17. The Morgan fingerprint density at radius 2 is 1.50 bits per heavy atom. The van der Waals surface area contributed by atoms with Crippen LogP contribution in [0.4, 0.5) is 0 Å². The van der Waals surface area contributed by atoms with Gasteiger partial charge in [0.2, 0.25) is 0 Å². The van der Waals surface area contributed by atoms with Crippen LogP contribution < -0.4 is 18.6 Å². The van der Waals surface area contributed by atoms with Crippen molar-refractivity contribution < 1.29 is 33.3 Å². The second kappa shape index (κ2) is 7.17. The number of hydrogen-bond donors (Lipinski definition) is 0. The molecule has 0 bridgehead atoms. The molecule has 1 aliphatic carbocycles. The molecule has 5 nitrogen and oxygen atoms in total. The smallest absolute Gasteiger partial charge is 0.222 e. The van der Waals surface area contributed by atoms with Crippen molar-refractivity contribution in [1.29, 1.82) is 0 Å². The van der Waals surface area contributed by atoms with Crippen molar-refractivity contribution in [3.63, 3.8) is 0 Å². The van der Waals surface area contributed by atoms with Crippen LogP contribution in [0.2, 0.25) is 0 Å². The maximum Gasteiger partial charge on any atom is 0.337 e. The highest BCUT2D eigenvalue weighted by Gasteiger charge is 2.25. The van der Waals surface area contributed by atoms with Gasteiger partial charge in [0.25, 0.3) is 0 Å². The van der Waals surface area contributed by atoms with Crippen LogP contribution in [0.15, 0.2) is 40.8 Å². The second-order valence-corrected chi connectivity index (χ2v) is 5.86. The topological polar surface area (TPSA) is 104 Å². The van der Waals surface area contributed by atoms with E-state index in [0.717, 1.165) is 37.2 Å². The molecule has 1 aromatic heterocycles. The van der Waals surface area contributed by atoms with E-state index in [1.54, 1.807) is 0 Å². The van der Waals surface area contributed by atoms with Crippen molar-refractivity contribution in [2.24, 2.45) is 0 Å². The molecule has 0 saturated heterocycles. The monoisotopic (exact) mass is 324 g/mol. The molecule has 0 spiro atoms. The third-order valence-electron chi connectivity index (χ3n) is 3.43. The van der Waals surface area contributed by atoms with Gasteiger partial charge in [0, 0.05) is 12.5 Å². The highest BCUT2D eigenvalue weighted by atomic mass is 35.7. The van der Waals surface area contributed by atoms with E-state index in [2.05, 4.69) is 43.3 Å². The van der Waals surface area contributed by atoms with Crippen LogP contribution in [0.1, 0.15) is 41.6 Å². The molecule has 0 N–H and O–H groups in total. The Kier molecular flexibility index (Phi) is 5.50. The number of fused-ring (bicyclic) bond motifs is 2. The van der Waals surface area contributed by atoms with Crippen molar-refractivity contribution >= 4 is 0 Å². The van der Waals surface area contributed by atoms with Crippen molar-refractivity contribution in [3.8, 4) is 0 Å². The molecule has 1 heterocycles. The lowest BCUT2D eigenvalue weighted by atomic mass is 9.90. The minimum absolute atomic E-state index is 0.947. The fourth-order valence-electron chi connectivity index (χ4n) is 2.51. The second-order valence-electron chi connectivity index (χ2n) is 5.10. The summed E-state index contributed by atoms with van der Waals surface area (Å²) in [4.78, 5) is 0. The summed E-state index contributed by atoms with van der Waals surface area (Å²) in [5, 5.41) is 0. The average Bonchev–Trinajstić information content (AvgIpc) is 2.43. The van der Waals surface area contributed by atoms with E-state index < -0.39 is 10.2 Å². The van der Waals surface area contributed by atoms with E-state index in [1.165, 1.54) is 16.7 Å². The Bertz CT molecular complexity index is 631. The Morgan fingerprint density at radius 1 is 0.909 bits per heavy atom. The van der Waals surface area contributed by atoms with Gasteiger partial charge in [-0.05, 0) is 23.6 Å². The highest BCUT2D eigenvalue weighted by molar-refractivity contribution is 5.41. The number of hydrogen-bond acceptors (Lipinski definition) is 4. The molecule has 0 aliphatic heterocycles. The van der Waals surface area contributed by atoms with Crippen molar-refractivity contribution in [3.05, 3.63) is 64.6 Å². The molecule has 0 radical (unpaired) electrons. The zero-order valence-corrected chi connectivity index (χ0v) is 13.0. The van der Waals surface area contributed by atoms with Gasteiger partial charge in [0.1, 0.15) is 0 Å². The number of rotatable bonds is 2. The summed E-state index contributed by atoms with van der Waals surface area (Å²) in [5.74, 6) is 2.28. The minimum atomic E-state index is -4.94. The van der Waals surface area contributed by atoms with Gasteiger partial charge < -0.3 is 0 Å². The number of halogens is 1. The predicted molar refractivity (Wildman–Crippen MR) is 69.2 cm³/mol. The first kappa shape index (κ1) is 16.9. The van der Waals surface area contributed by atoms with E-state index >= 15 is 0 Å². The number of aryl methyl sites for hydroxylation is 1. The summed E-state index contributed by atoms with van der Waals surface area (Å²) in [5.41, 5.74) is 4.21. The zero-order chi connectivity index (χ0) is 16.2. The molecule has 3 rings (SSSR count). The molecule has 6 heteroatoms. The van der Waals surface area contributed by atoms with E-state index in [4.69, 9.17) is 23.1 Å². The van der Waals surface area contributed by atoms with Gasteiger partial charge in [-0.15, -0.1) is 10.2 Å². The van der Waals surface area contributed by atoms with Crippen LogP contribution in [0.3, 0.4) is 0 Å². The maximum absolute atomic E-state index is 8.49. The Labute approximate surface area is 131 Å². The predicted octanol–water partition coefficient (Wildman–Crippen LogP) is -0.748. The standard InChI is InChI=1S/C16H17O.ClHO4/c1-2-5-15-9-8-14-10-12-6-3-4-7-13(12)11-16(14)17-15;2-1(3,4)5/h3-4,6-9H,2,5,10-11H2,1H3;(H,2,3,4,5)/q+1;/p-1. The molecule has 118 valence electrons. The molecule has 0 unspecified atom stereocenters. The van der Waals surface area contributed by atoms with Gasteiger partial charge in [-0.1, -0.05) is 31.2 Å². The Balaban J connectivity index is 0.000000309. The van der Waals surface area contributed by atoms with E-state index in [1.807, 2.05) is 0 Å². The van der Waals surface area contributed by atoms with Crippen LogP contribution in [0, 0.1) is 10.2 Å². The van der Waals surface area contributed by atoms with Crippen LogP contribution in [0.25, 0.3) is 0 Å². The third kappa shape index (κ3) is 5.05. The van der Waals surface area contributed by atoms with Gasteiger partial charge in [-0.3, -0.25) is 0 Å². The van der Waals surface area contributed by atoms with Crippen LogP contribution in [-0.2, 0) is 19.3 Å². The summed E-state index contributed by atoms with van der Waals surface area (Å²) in [6, 6.07) is 13.0. The van der Waals surface area contributed by atoms with E-state index in [-0.39, 0.29) is 0 Å². The molecular formula is C16H17ClO5. The first-order chi connectivity index (χ1) is 10.4. The molecule has 0 amide bonds. The first-order valence-electron chi connectivity index (χ1n) is 6.99. The molecule has 1 aliphatic rings. The van der Waals surface area contributed by atoms with E-state index in [0.29, 0.717) is 0 Å². The third-order valence-corrected chi connectivity index (χ3v) is 3.43. The summed E-state index contributed by atoms with van der Waals surface area (Å²) < 4.78 is 40.0. The zero-order valence-electron chi connectivity index (χ0n) is 12.2. The SMILES string of the molecule is CCCc1ccc2c([o+]1)Cc1ccccc1C2.[O-][Cl+3]([O-])([O-])[O-]. The lowest BCUT2D eigenvalue weighted by molar-refractivity contribution is -2.00. The first-order valence-corrected chi connectivity index (χ1v) is 8.22. The highest BCUT2D eigenvalue weighted by Crippen LogP contribution is 2.27. The number of benzene rings is 1. The van der Waals surface area contributed by atoms with Gasteiger partial charge in [-0.2, -0.15) is 0 Å². The lowest BCUT2D eigenvalue weighted by Crippen LogP contribution is -2.68. The normalized spacial score (nSPS) is 12.8.